The van der Waals surface area contributed by atoms with Crippen LogP contribution in [0.15, 0.2) is 29.3 Å². The monoisotopic (exact) mass is 421 g/mol. The lowest BCUT2D eigenvalue weighted by molar-refractivity contribution is 0.0767. The maximum atomic E-state index is 13.5. The standard InChI is InChI=1S/C18H20ClN5O3S/c1-10-3-2-4-13(19)17(10)28(26,27)24-15-5-6-16(24)12-9-23(8-11(12)15)18(25)14-7-20-22-21-14/h2-4,7,11-12,15-16H,5-6,8-9H2,1H3,(H,20,21,22)/t11-,12+,15+,16-. The summed E-state index contributed by atoms with van der Waals surface area (Å²) in [7, 11) is -3.69. The number of nitrogens with zero attached hydrogens (tertiary/aromatic N) is 4. The van der Waals surface area contributed by atoms with E-state index in [4.69, 9.17) is 11.6 Å². The van der Waals surface area contributed by atoms with E-state index < -0.39 is 10.0 Å². The number of nitrogens with one attached hydrogen (secondary N) is 1. The average Bonchev–Trinajstić information content (AvgIpc) is 3.41. The Kier molecular flexibility index (Phi) is 4.05. The summed E-state index contributed by atoms with van der Waals surface area (Å²) in [6, 6.07) is 4.97. The maximum absolute atomic E-state index is 13.5. The number of halogens is 1. The number of H-pyrrole nitrogens is 1. The molecule has 10 heteroatoms. The molecule has 1 N–H and O–H groups in total. The van der Waals surface area contributed by atoms with E-state index in [1.165, 1.54) is 6.20 Å². The van der Waals surface area contributed by atoms with E-state index in [0.717, 1.165) is 12.8 Å². The Morgan fingerprint density at radius 2 is 1.89 bits per heavy atom. The van der Waals surface area contributed by atoms with E-state index in [9.17, 15) is 13.2 Å². The van der Waals surface area contributed by atoms with Gasteiger partial charge >= 0.3 is 0 Å². The van der Waals surface area contributed by atoms with Gasteiger partial charge in [-0.05, 0) is 43.2 Å². The van der Waals surface area contributed by atoms with Crippen LogP contribution in [0.25, 0.3) is 0 Å². The molecule has 0 aliphatic carbocycles. The number of fused-ring (bicyclic) bond motifs is 5. The molecule has 0 radical (unpaired) electrons. The van der Waals surface area contributed by atoms with E-state index in [1.54, 1.807) is 34.3 Å². The zero-order valence-electron chi connectivity index (χ0n) is 15.2. The number of aryl methyl sites for hydroxylation is 1. The van der Waals surface area contributed by atoms with Crippen LogP contribution in [0.2, 0.25) is 5.02 Å². The fourth-order valence-corrected chi connectivity index (χ4v) is 8.10. The van der Waals surface area contributed by atoms with Crippen molar-refractivity contribution in [2.24, 2.45) is 11.8 Å². The molecule has 1 aromatic carbocycles. The predicted octanol–water partition coefficient (Wildman–Crippen LogP) is 1.69. The smallest absolute Gasteiger partial charge is 0.276 e. The Labute approximate surface area is 167 Å². The minimum atomic E-state index is -3.69. The fraction of sp³-hybridized carbons (Fsp3) is 0.500. The molecular weight excluding hydrogens is 402 g/mol. The van der Waals surface area contributed by atoms with Crippen molar-refractivity contribution < 1.29 is 13.2 Å². The van der Waals surface area contributed by atoms with Crippen molar-refractivity contribution in [3.05, 3.63) is 40.7 Å². The average molecular weight is 422 g/mol. The van der Waals surface area contributed by atoms with Gasteiger partial charge in [-0.25, -0.2) is 8.42 Å². The summed E-state index contributed by atoms with van der Waals surface area (Å²) in [5, 5.41) is 10.3. The second-order valence-electron chi connectivity index (χ2n) is 7.83. The minimum absolute atomic E-state index is 0.0919. The third kappa shape index (κ3) is 2.46. The molecule has 4 heterocycles. The lowest BCUT2D eigenvalue weighted by Crippen LogP contribution is -2.41. The molecule has 3 aliphatic rings. The highest BCUT2D eigenvalue weighted by atomic mass is 35.5. The van der Waals surface area contributed by atoms with Gasteiger partial charge in [0, 0.05) is 25.2 Å². The van der Waals surface area contributed by atoms with Crippen LogP contribution in [0.1, 0.15) is 28.9 Å². The number of aromatic nitrogens is 3. The van der Waals surface area contributed by atoms with Crippen LogP contribution in [0, 0.1) is 18.8 Å². The van der Waals surface area contributed by atoms with Crippen molar-refractivity contribution in [1.29, 1.82) is 0 Å². The van der Waals surface area contributed by atoms with Gasteiger partial charge in [0.05, 0.1) is 11.2 Å². The summed E-state index contributed by atoms with van der Waals surface area (Å²) >= 11 is 6.28. The Hall–Kier alpha value is -1.97. The molecule has 3 aliphatic heterocycles. The van der Waals surface area contributed by atoms with Gasteiger partial charge in [-0.3, -0.25) is 4.79 Å². The SMILES string of the molecule is Cc1cccc(Cl)c1S(=O)(=O)N1[C@@H]2CC[C@H]1[C@@H]1CN(C(=O)c3cn[nH]n3)C[C@@H]12. The Balaban J connectivity index is 1.44. The van der Waals surface area contributed by atoms with Gasteiger partial charge in [-0.1, -0.05) is 23.7 Å². The number of carbonyl (C=O) groups excluding carboxylic acids is 1. The van der Waals surface area contributed by atoms with Crippen molar-refractivity contribution in [2.45, 2.75) is 36.7 Å². The number of hydrogen-bond donors (Lipinski definition) is 1. The normalized spacial score (nSPS) is 29.4. The highest BCUT2D eigenvalue weighted by Gasteiger charge is 2.61. The van der Waals surface area contributed by atoms with E-state index in [1.807, 2.05) is 0 Å². The van der Waals surface area contributed by atoms with Crippen LogP contribution >= 0.6 is 11.6 Å². The number of rotatable bonds is 3. The van der Waals surface area contributed by atoms with Crippen LogP contribution in [0.3, 0.4) is 0 Å². The van der Waals surface area contributed by atoms with Crippen molar-refractivity contribution in [3.63, 3.8) is 0 Å². The molecule has 2 bridgehead atoms. The molecule has 0 saturated carbocycles. The predicted molar refractivity (Wildman–Crippen MR) is 101 cm³/mol. The quantitative estimate of drug-likeness (QED) is 0.812. The summed E-state index contributed by atoms with van der Waals surface area (Å²) in [5.41, 5.74) is 0.954. The molecule has 0 spiro atoms. The fourth-order valence-electron chi connectivity index (χ4n) is 5.35. The van der Waals surface area contributed by atoms with Crippen LogP contribution < -0.4 is 0 Å². The zero-order chi connectivity index (χ0) is 19.6. The number of likely N-dealkylation sites (tertiary alicyclic amines) is 1. The maximum Gasteiger partial charge on any atom is 0.276 e. The number of aromatic amines is 1. The molecule has 5 rings (SSSR count). The molecule has 0 unspecified atom stereocenters. The van der Waals surface area contributed by atoms with Gasteiger partial charge in [0.1, 0.15) is 4.90 Å². The van der Waals surface area contributed by atoms with Gasteiger partial charge in [0.25, 0.3) is 5.91 Å². The number of carbonyl (C=O) groups is 1. The van der Waals surface area contributed by atoms with Gasteiger partial charge < -0.3 is 4.90 Å². The van der Waals surface area contributed by atoms with E-state index >= 15 is 0 Å². The van der Waals surface area contributed by atoms with E-state index in [0.29, 0.717) is 24.3 Å². The van der Waals surface area contributed by atoms with Crippen LogP contribution in [-0.2, 0) is 10.0 Å². The molecule has 148 valence electrons. The molecule has 28 heavy (non-hydrogen) atoms. The topological polar surface area (TPSA) is 99.3 Å². The Bertz CT molecular complexity index is 1000. The first kappa shape index (κ1) is 18.1. The highest BCUT2D eigenvalue weighted by Crippen LogP contribution is 2.52. The zero-order valence-corrected chi connectivity index (χ0v) is 16.8. The number of hydrogen-bond acceptors (Lipinski definition) is 5. The van der Waals surface area contributed by atoms with Crippen molar-refractivity contribution in [2.75, 3.05) is 13.1 Å². The molecule has 1 aromatic heterocycles. The molecule has 1 amide bonds. The molecule has 4 atom stereocenters. The summed E-state index contributed by atoms with van der Waals surface area (Å²) in [6.07, 6.45) is 3.06. The van der Waals surface area contributed by atoms with Crippen molar-refractivity contribution in [3.8, 4) is 0 Å². The number of amides is 1. The number of benzene rings is 1. The Morgan fingerprint density at radius 1 is 1.21 bits per heavy atom. The molecule has 2 aromatic rings. The van der Waals surface area contributed by atoms with Gasteiger partial charge in [-0.2, -0.15) is 19.7 Å². The van der Waals surface area contributed by atoms with Gasteiger partial charge in [0.15, 0.2) is 5.69 Å². The molecule has 3 saturated heterocycles. The van der Waals surface area contributed by atoms with E-state index in [-0.39, 0.29) is 39.7 Å². The van der Waals surface area contributed by atoms with Crippen LogP contribution in [0.5, 0.6) is 0 Å². The van der Waals surface area contributed by atoms with Gasteiger partial charge in [0.2, 0.25) is 10.0 Å². The first-order chi connectivity index (χ1) is 13.4. The Morgan fingerprint density at radius 3 is 2.46 bits per heavy atom. The minimum Gasteiger partial charge on any atom is -0.336 e. The molecule has 8 nitrogen and oxygen atoms in total. The van der Waals surface area contributed by atoms with Crippen molar-refractivity contribution >= 4 is 27.5 Å². The lowest BCUT2D eigenvalue weighted by Gasteiger charge is -2.27. The first-order valence-electron chi connectivity index (χ1n) is 9.33. The molecule has 3 fully saturated rings. The lowest BCUT2D eigenvalue weighted by atomic mass is 9.82. The van der Waals surface area contributed by atoms with Gasteiger partial charge in [-0.15, -0.1) is 0 Å². The van der Waals surface area contributed by atoms with E-state index in [2.05, 4.69) is 15.4 Å². The summed E-state index contributed by atoms with van der Waals surface area (Å²) in [6.45, 7) is 2.87. The third-order valence-corrected chi connectivity index (χ3v) is 9.01. The van der Waals surface area contributed by atoms with Crippen molar-refractivity contribution in [1.82, 2.24) is 24.6 Å². The first-order valence-corrected chi connectivity index (χ1v) is 11.1. The third-order valence-electron chi connectivity index (χ3n) is 6.43. The van der Waals surface area contributed by atoms with Crippen LogP contribution in [-0.4, -0.2) is 64.1 Å². The summed E-state index contributed by atoms with van der Waals surface area (Å²) < 4.78 is 28.7. The second kappa shape index (κ2) is 6.27. The highest BCUT2D eigenvalue weighted by molar-refractivity contribution is 7.89. The van der Waals surface area contributed by atoms with Crippen LogP contribution in [0.4, 0.5) is 0 Å². The molecular formula is C18H20ClN5O3S. The summed E-state index contributed by atoms with van der Waals surface area (Å²) in [4.78, 5) is 14.6. The largest absolute Gasteiger partial charge is 0.336 e. The summed E-state index contributed by atoms with van der Waals surface area (Å²) in [5.74, 6) is 0.137. The second-order valence-corrected chi connectivity index (χ2v) is 10.0. The number of sulfonamides is 1.